The van der Waals surface area contributed by atoms with Crippen molar-refractivity contribution in [2.75, 3.05) is 0 Å². The molecule has 2 aliphatic rings. The van der Waals surface area contributed by atoms with Crippen LogP contribution >= 0.6 is 0 Å². The summed E-state index contributed by atoms with van der Waals surface area (Å²) < 4.78 is 0. The normalized spacial score (nSPS) is 23.7. The third-order valence-corrected chi connectivity index (χ3v) is 2.36. The average Bonchev–Trinajstić information content (AvgIpc) is 2.32. The van der Waals surface area contributed by atoms with Gasteiger partial charge < -0.3 is 5.32 Å². The lowest BCUT2D eigenvalue weighted by Gasteiger charge is -2.05. The van der Waals surface area contributed by atoms with Crippen molar-refractivity contribution in [3.05, 3.63) is 72.2 Å². The molecule has 0 unspecified atom stereocenters. The molecule has 76 valence electrons. The summed E-state index contributed by atoms with van der Waals surface area (Å²) in [6.07, 6.45) is 23.1. The molecule has 0 radical (unpaired) electrons. The molecule has 0 saturated heterocycles. The third kappa shape index (κ3) is 3.13. The van der Waals surface area contributed by atoms with Crippen molar-refractivity contribution in [1.82, 2.24) is 5.32 Å². The number of rotatable bonds is 2. The van der Waals surface area contributed by atoms with Crippen molar-refractivity contribution in [2.45, 2.75) is 12.8 Å². The van der Waals surface area contributed by atoms with E-state index in [1.54, 1.807) is 0 Å². The summed E-state index contributed by atoms with van der Waals surface area (Å²) >= 11 is 0. The topological polar surface area (TPSA) is 12.0 Å². The van der Waals surface area contributed by atoms with E-state index in [0.717, 1.165) is 12.8 Å². The molecule has 0 aromatic carbocycles. The molecule has 1 aliphatic heterocycles. The Bertz CT molecular complexity index is 352. The van der Waals surface area contributed by atoms with Crippen LogP contribution in [-0.4, -0.2) is 0 Å². The van der Waals surface area contributed by atoms with Gasteiger partial charge >= 0.3 is 0 Å². The van der Waals surface area contributed by atoms with Crippen LogP contribution in [0, 0.1) is 0 Å². The van der Waals surface area contributed by atoms with Crippen molar-refractivity contribution >= 4 is 0 Å². The summed E-state index contributed by atoms with van der Waals surface area (Å²) in [7, 11) is 0. The second kappa shape index (κ2) is 5.20. The Labute approximate surface area is 90.9 Å². The van der Waals surface area contributed by atoms with Gasteiger partial charge in [-0.15, -0.1) is 0 Å². The van der Waals surface area contributed by atoms with E-state index < -0.39 is 0 Å². The second-order valence-corrected chi connectivity index (χ2v) is 3.53. The molecule has 0 spiro atoms. The Morgan fingerprint density at radius 2 is 2.00 bits per heavy atom. The van der Waals surface area contributed by atoms with E-state index in [-0.39, 0.29) is 0 Å². The summed E-state index contributed by atoms with van der Waals surface area (Å²) in [5.41, 5.74) is 2.56. The van der Waals surface area contributed by atoms with Gasteiger partial charge in [-0.3, -0.25) is 0 Å². The van der Waals surface area contributed by atoms with E-state index in [1.165, 1.54) is 11.3 Å². The van der Waals surface area contributed by atoms with Gasteiger partial charge in [-0.2, -0.15) is 0 Å². The van der Waals surface area contributed by atoms with Crippen LogP contribution in [0.3, 0.4) is 0 Å². The SMILES string of the molecule is C1=CC/C(=C\C/C=C2/C=CC=CN2)C=C1. The van der Waals surface area contributed by atoms with E-state index in [4.69, 9.17) is 0 Å². The van der Waals surface area contributed by atoms with Crippen LogP contribution in [0.4, 0.5) is 0 Å². The molecule has 0 bridgehead atoms. The highest BCUT2D eigenvalue weighted by Gasteiger charge is 1.93. The minimum Gasteiger partial charge on any atom is -0.362 e. The molecule has 0 aromatic rings. The van der Waals surface area contributed by atoms with Crippen molar-refractivity contribution in [3.63, 3.8) is 0 Å². The molecule has 0 amide bonds. The Balaban J connectivity index is 1.88. The summed E-state index contributed by atoms with van der Waals surface area (Å²) in [4.78, 5) is 0. The Morgan fingerprint density at radius 3 is 2.73 bits per heavy atom. The molecule has 1 heteroatoms. The zero-order valence-electron chi connectivity index (χ0n) is 8.69. The maximum absolute atomic E-state index is 3.19. The van der Waals surface area contributed by atoms with Gasteiger partial charge in [0.25, 0.3) is 0 Å². The first kappa shape index (κ1) is 9.78. The Kier molecular flexibility index (Phi) is 3.39. The molecule has 0 saturated carbocycles. The molecule has 1 nitrogen and oxygen atoms in total. The predicted octanol–water partition coefficient (Wildman–Crippen LogP) is 3.38. The summed E-state index contributed by atoms with van der Waals surface area (Å²) in [5.74, 6) is 0. The van der Waals surface area contributed by atoms with Crippen LogP contribution < -0.4 is 5.32 Å². The average molecular weight is 197 g/mol. The van der Waals surface area contributed by atoms with Gasteiger partial charge in [-0.25, -0.2) is 0 Å². The lowest BCUT2D eigenvalue weighted by Crippen LogP contribution is -2.04. The lowest BCUT2D eigenvalue weighted by molar-refractivity contribution is 1.07. The summed E-state index contributed by atoms with van der Waals surface area (Å²) in [6, 6.07) is 0. The van der Waals surface area contributed by atoms with Crippen molar-refractivity contribution in [3.8, 4) is 0 Å². The first-order valence-electron chi connectivity index (χ1n) is 5.27. The molecule has 0 fully saturated rings. The molecule has 1 aliphatic carbocycles. The lowest BCUT2D eigenvalue weighted by atomic mass is 10.1. The van der Waals surface area contributed by atoms with Crippen LogP contribution in [-0.2, 0) is 0 Å². The van der Waals surface area contributed by atoms with Crippen molar-refractivity contribution < 1.29 is 0 Å². The minimum absolute atomic E-state index is 0.980. The Morgan fingerprint density at radius 1 is 1.07 bits per heavy atom. The Hall–Kier alpha value is -1.76. The maximum Gasteiger partial charge on any atom is 0.0342 e. The zero-order valence-corrected chi connectivity index (χ0v) is 8.69. The van der Waals surface area contributed by atoms with E-state index in [0.29, 0.717) is 0 Å². The van der Waals surface area contributed by atoms with Crippen LogP contribution in [0.15, 0.2) is 72.2 Å². The van der Waals surface area contributed by atoms with E-state index in [9.17, 15) is 0 Å². The molecular formula is C14H15N. The monoisotopic (exact) mass is 197 g/mol. The van der Waals surface area contributed by atoms with E-state index >= 15 is 0 Å². The first-order chi connectivity index (χ1) is 7.45. The van der Waals surface area contributed by atoms with Gasteiger partial charge in [0.15, 0.2) is 0 Å². The summed E-state index contributed by atoms with van der Waals surface area (Å²) in [6.45, 7) is 0. The highest BCUT2D eigenvalue weighted by molar-refractivity contribution is 5.31. The van der Waals surface area contributed by atoms with Gasteiger partial charge in [0.2, 0.25) is 0 Å². The van der Waals surface area contributed by atoms with Crippen LogP contribution in [0.1, 0.15) is 12.8 Å². The molecule has 0 atom stereocenters. The molecule has 2 rings (SSSR count). The van der Waals surface area contributed by atoms with Crippen LogP contribution in [0.2, 0.25) is 0 Å². The van der Waals surface area contributed by atoms with Gasteiger partial charge in [0.05, 0.1) is 0 Å². The maximum atomic E-state index is 3.19. The summed E-state index contributed by atoms with van der Waals surface area (Å²) in [5, 5.41) is 3.19. The largest absolute Gasteiger partial charge is 0.362 e. The smallest absolute Gasteiger partial charge is 0.0342 e. The van der Waals surface area contributed by atoms with Gasteiger partial charge in [0, 0.05) is 11.9 Å². The highest BCUT2D eigenvalue weighted by atomic mass is 14.8. The quantitative estimate of drug-likeness (QED) is 0.715. The number of hydrogen-bond donors (Lipinski definition) is 1. The van der Waals surface area contributed by atoms with Crippen molar-refractivity contribution in [2.24, 2.45) is 0 Å². The van der Waals surface area contributed by atoms with Crippen LogP contribution in [0.5, 0.6) is 0 Å². The third-order valence-electron chi connectivity index (χ3n) is 2.36. The second-order valence-electron chi connectivity index (χ2n) is 3.53. The molecular weight excluding hydrogens is 182 g/mol. The highest BCUT2D eigenvalue weighted by Crippen LogP contribution is 2.11. The zero-order chi connectivity index (χ0) is 10.3. The molecule has 15 heavy (non-hydrogen) atoms. The van der Waals surface area contributed by atoms with E-state index in [1.807, 2.05) is 18.4 Å². The molecule has 0 aromatic heterocycles. The van der Waals surface area contributed by atoms with Gasteiger partial charge in [0.1, 0.15) is 0 Å². The standard InChI is InChI=1S/C14H15N/c1-2-7-13(8-3-1)9-6-11-14-10-4-5-12-15-14/h1-5,7,9-12,15H,6,8H2/b13-9-,14-11-. The fourth-order valence-corrected chi connectivity index (χ4v) is 1.55. The predicted molar refractivity (Wildman–Crippen MR) is 65.1 cm³/mol. The van der Waals surface area contributed by atoms with Crippen molar-refractivity contribution in [1.29, 1.82) is 0 Å². The number of dihydropyridines is 1. The fraction of sp³-hybridized carbons (Fsp3) is 0.143. The van der Waals surface area contributed by atoms with E-state index in [2.05, 4.69) is 47.8 Å². The van der Waals surface area contributed by atoms with Gasteiger partial charge in [-0.05, 0) is 30.6 Å². The minimum atomic E-state index is 0.980. The van der Waals surface area contributed by atoms with Gasteiger partial charge in [-0.1, -0.05) is 42.5 Å². The molecule has 1 heterocycles. The fourth-order valence-electron chi connectivity index (χ4n) is 1.55. The molecule has 1 N–H and O–H groups in total. The van der Waals surface area contributed by atoms with Crippen LogP contribution in [0.25, 0.3) is 0 Å². The first-order valence-corrected chi connectivity index (χ1v) is 5.27. The number of nitrogens with one attached hydrogen (secondary N) is 1. The number of hydrogen-bond acceptors (Lipinski definition) is 1. The number of allylic oxidation sites excluding steroid dienone is 10.